The predicted octanol–water partition coefficient (Wildman–Crippen LogP) is -0.230. The zero-order valence-electron chi connectivity index (χ0n) is 8.19. The largest absolute Gasteiger partial charge is 0.390 e. The minimum atomic E-state index is -0.0249. The molecule has 0 aliphatic carbocycles. The lowest BCUT2D eigenvalue weighted by molar-refractivity contribution is 0.276. The van der Waals surface area contributed by atoms with Crippen LogP contribution in [-0.2, 0) is 13.2 Å². The summed E-state index contributed by atoms with van der Waals surface area (Å²) in [6.07, 6.45) is 4.31. The van der Waals surface area contributed by atoms with E-state index in [0.29, 0.717) is 11.6 Å². The number of nitrogens with one attached hydrogen (secondary N) is 1. The van der Waals surface area contributed by atoms with Gasteiger partial charge in [0.15, 0.2) is 0 Å². The van der Waals surface area contributed by atoms with E-state index < -0.39 is 0 Å². The molecule has 1 aliphatic heterocycles. The monoisotopic (exact) mass is 196 g/mol. The lowest BCUT2D eigenvalue weighted by Crippen LogP contribution is -2.32. The molecule has 0 saturated carbocycles. The standard InChI is InChI=1S/C9H16N4O/c14-7-9-6-13(12-11-9)5-8-2-1-3-10-4-8/h6,8,10,14H,1-5,7H2. The third-order valence-electron chi connectivity index (χ3n) is 2.59. The Kier molecular flexibility index (Phi) is 3.10. The van der Waals surface area contributed by atoms with Gasteiger partial charge in [0.1, 0.15) is 5.69 Å². The highest BCUT2D eigenvalue weighted by molar-refractivity contribution is 4.89. The summed E-state index contributed by atoms with van der Waals surface area (Å²) in [6.45, 7) is 3.08. The fourth-order valence-corrected chi connectivity index (χ4v) is 1.84. The molecule has 1 aromatic heterocycles. The van der Waals surface area contributed by atoms with Gasteiger partial charge in [0.05, 0.1) is 12.8 Å². The summed E-state index contributed by atoms with van der Waals surface area (Å²) in [6, 6.07) is 0. The Morgan fingerprint density at radius 1 is 1.64 bits per heavy atom. The fraction of sp³-hybridized carbons (Fsp3) is 0.778. The van der Waals surface area contributed by atoms with Gasteiger partial charge >= 0.3 is 0 Å². The smallest absolute Gasteiger partial charge is 0.108 e. The van der Waals surface area contributed by atoms with E-state index in [0.717, 1.165) is 19.6 Å². The molecule has 0 aromatic carbocycles. The molecule has 0 bridgehead atoms. The molecule has 1 unspecified atom stereocenters. The Balaban J connectivity index is 1.89. The summed E-state index contributed by atoms with van der Waals surface area (Å²) >= 11 is 0. The molecule has 14 heavy (non-hydrogen) atoms. The first-order valence-corrected chi connectivity index (χ1v) is 5.09. The molecule has 1 aromatic rings. The number of hydrogen-bond acceptors (Lipinski definition) is 4. The van der Waals surface area contributed by atoms with Gasteiger partial charge in [0.2, 0.25) is 0 Å². The third-order valence-corrected chi connectivity index (χ3v) is 2.59. The van der Waals surface area contributed by atoms with Crippen molar-refractivity contribution in [1.82, 2.24) is 20.3 Å². The summed E-state index contributed by atoms with van der Waals surface area (Å²) in [4.78, 5) is 0. The van der Waals surface area contributed by atoms with Gasteiger partial charge in [-0.05, 0) is 31.8 Å². The quantitative estimate of drug-likeness (QED) is 0.701. The molecule has 5 nitrogen and oxygen atoms in total. The van der Waals surface area contributed by atoms with Crippen LogP contribution in [0.25, 0.3) is 0 Å². The minimum absolute atomic E-state index is 0.0249. The summed E-state index contributed by atoms with van der Waals surface area (Å²) in [5.41, 5.74) is 0.647. The number of aromatic nitrogens is 3. The highest BCUT2D eigenvalue weighted by atomic mass is 16.3. The maximum absolute atomic E-state index is 8.83. The van der Waals surface area contributed by atoms with Crippen molar-refractivity contribution in [3.05, 3.63) is 11.9 Å². The molecule has 2 N–H and O–H groups in total. The van der Waals surface area contributed by atoms with E-state index in [1.807, 2.05) is 10.9 Å². The van der Waals surface area contributed by atoms with Gasteiger partial charge in [-0.25, -0.2) is 0 Å². The second kappa shape index (κ2) is 4.52. The maximum Gasteiger partial charge on any atom is 0.108 e. The minimum Gasteiger partial charge on any atom is -0.390 e. The van der Waals surface area contributed by atoms with E-state index in [9.17, 15) is 0 Å². The summed E-state index contributed by atoms with van der Waals surface area (Å²) in [5.74, 6) is 0.650. The highest BCUT2D eigenvalue weighted by Gasteiger charge is 2.13. The number of rotatable bonds is 3. The van der Waals surface area contributed by atoms with Crippen molar-refractivity contribution in [3.8, 4) is 0 Å². The van der Waals surface area contributed by atoms with Gasteiger partial charge in [0, 0.05) is 6.54 Å². The topological polar surface area (TPSA) is 63.0 Å². The molecular formula is C9H16N4O. The van der Waals surface area contributed by atoms with E-state index >= 15 is 0 Å². The van der Waals surface area contributed by atoms with Crippen LogP contribution in [0.2, 0.25) is 0 Å². The highest BCUT2D eigenvalue weighted by Crippen LogP contribution is 2.11. The molecule has 2 rings (SSSR count). The summed E-state index contributed by atoms with van der Waals surface area (Å²) in [7, 11) is 0. The molecule has 2 heterocycles. The SMILES string of the molecule is OCc1cn(CC2CCCNC2)nn1. The average Bonchev–Trinajstić information content (AvgIpc) is 2.67. The van der Waals surface area contributed by atoms with Crippen molar-refractivity contribution in [1.29, 1.82) is 0 Å². The van der Waals surface area contributed by atoms with E-state index in [1.54, 1.807) is 0 Å². The van der Waals surface area contributed by atoms with Crippen LogP contribution in [-0.4, -0.2) is 33.2 Å². The molecule has 5 heteroatoms. The van der Waals surface area contributed by atoms with Crippen LogP contribution in [0.1, 0.15) is 18.5 Å². The maximum atomic E-state index is 8.83. The van der Waals surface area contributed by atoms with Crippen molar-refractivity contribution in [2.24, 2.45) is 5.92 Å². The predicted molar refractivity (Wildman–Crippen MR) is 51.5 cm³/mol. The molecule has 1 aliphatic rings. The number of piperidine rings is 1. The van der Waals surface area contributed by atoms with Crippen LogP contribution in [0.3, 0.4) is 0 Å². The Morgan fingerprint density at radius 3 is 3.21 bits per heavy atom. The van der Waals surface area contributed by atoms with E-state index in [2.05, 4.69) is 15.6 Å². The lowest BCUT2D eigenvalue weighted by atomic mass is 10.00. The Morgan fingerprint density at radius 2 is 2.57 bits per heavy atom. The zero-order valence-corrected chi connectivity index (χ0v) is 8.19. The Bertz CT molecular complexity index is 280. The first-order valence-electron chi connectivity index (χ1n) is 5.09. The van der Waals surface area contributed by atoms with E-state index in [-0.39, 0.29) is 6.61 Å². The van der Waals surface area contributed by atoms with Crippen molar-refractivity contribution < 1.29 is 5.11 Å². The van der Waals surface area contributed by atoms with Gasteiger partial charge < -0.3 is 10.4 Å². The van der Waals surface area contributed by atoms with Gasteiger partial charge in [-0.15, -0.1) is 5.10 Å². The van der Waals surface area contributed by atoms with Crippen LogP contribution in [0.5, 0.6) is 0 Å². The number of hydrogen-bond donors (Lipinski definition) is 2. The normalized spacial score (nSPS) is 22.5. The van der Waals surface area contributed by atoms with Crippen molar-refractivity contribution in [3.63, 3.8) is 0 Å². The number of nitrogens with zero attached hydrogens (tertiary/aromatic N) is 3. The average molecular weight is 196 g/mol. The third kappa shape index (κ3) is 2.30. The first kappa shape index (κ1) is 9.61. The van der Waals surface area contributed by atoms with Crippen LogP contribution >= 0.6 is 0 Å². The molecule has 1 saturated heterocycles. The lowest BCUT2D eigenvalue weighted by Gasteiger charge is -2.22. The number of aliphatic hydroxyl groups is 1. The first-order chi connectivity index (χ1) is 6.88. The second-order valence-electron chi connectivity index (χ2n) is 3.80. The molecule has 0 radical (unpaired) electrons. The van der Waals surface area contributed by atoms with E-state index in [4.69, 9.17) is 5.11 Å². The van der Waals surface area contributed by atoms with Crippen LogP contribution in [0, 0.1) is 5.92 Å². The van der Waals surface area contributed by atoms with Gasteiger partial charge in [-0.1, -0.05) is 5.21 Å². The molecule has 78 valence electrons. The zero-order chi connectivity index (χ0) is 9.80. The van der Waals surface area contributed by atoms with Gasteiger partial charge in [-0.3, -0.25) is 4.68 Å². The molecular weight excluding hydrogens is 180 g/mol. The van der Waals surface area contributed by atoms with Gasteiger partial charge in [0.25, 0.3) is 0 Å². The second-order valence-corrected chi connectivity index (χ2v) is 3.80. The Labute approximate surface area is 83.1 Å². The van der Waals surface area contributed by atoms with Crippen LogP contribution < -0.4 is 5.32 Å². The number of aliphatic hydroxyl groups excluding tert-OH is 1. The summed E-state index contributed by atoms with van der Waals surface area (Å²) in [5, 5.41) is 20.0. The fourth-order valence-electron chi connectivity index (χ4n) is 1.84. The molecule has 0 amide bonds. The molecule has 1 fully saturated rings. The summed E-state index contributed by atoms with van der Waals surface area (Å²) < 4.78 is 1.82. The molecule has 0 spiro atoms. The van der Waals surface area contributed by atoms with Gasteiger partial charge in [-0.2, -0.15) is 0 Å². The van der Waals surface area contributed by atoms with Crippen LogP contribution in [0.4, 0.5) is 0 Å². The van der Waals surface area contributed by atoms with E-state index in [1.165, 1.54) is 12.8 Å². The molecule has 1 atom stereocenters. The van der Waals surface area contributed by atoms with Crippen molar-refractivity contribution >= 4 is 0 Å². The van der Waals surface area contributed by atoms with Crippen LogP contribution in [0.15, 0.2) is 6.20 Å². The van der Waals surface area contributed by atoms with Crippen molar-refractivity contribution in [2.45, 2.75) is 26.0 Å². The van der Waals surface area contributed by atoms with Crippen molar-refractivity contribution in [2.75, 3.05) is 13.1 Å². The Hall–Kier alpha value is -0.940.